The molecule has 86 valence electrons. The van der Waals surface area contributed by atoms with Gasteiger partial charge in [-0.15, -0.1) is 0 Å². The normalized spacial score (nSPS) is 20.6. The van der Waals surface area contributed by atoms with Gasteiger partial charge in [0.2, 0.25) is 5.91 Å². The van der Waals surface area contributed by atoms with E-state index in [0.717, 1.165) is 21.2 Å². The topological polar surface area (TPSA) is 46.3 Å². The van der Waals surface area contributed by atoms with Gasteiger partial charge >= 0.3 is 0 Å². The molecule has 1 aliphatic heterocycles. The first-order chi connectivity index (χ1) is 7.60. The lowest BCUT2D eigenvalue weighted by atomic mass is 10.1. The zero-order chi connectivity index (χ0) is 11.7. The fraction of sp³-hybridized carbons (Fsp3) is 0.364. The Labute approximate surface area is 111 Å². The zero-order valence-electron chi connectivity index (χ0n) is 8.62. The van der Waals surface area contributed by atoms with Gasteiger partial charge in [-0.25, -0.2) is 0 Å². The quantitative estimate of drug-likeness (QED) is 0.893. The van der Waals surface area contributed by atoms with Gasteiger partial charge in [0.1, 0.15) is 0 Å². The van der Waals surface area contributed by atoms with Gasteiger partial charge in [-0.2, -0.15) is 0 Å². The Kier molecular flexibility index (Phi) is 3.66. The molecular weight excluding hydrogens is 336 g/mol. The third-order valence-electron chi connectivity index (χ3n) is 2.70. The van der Waals surface area contributed by atoms with Crippen LogP contribution in [0.2, 0.25) is 0 Å². The first-order valence-electron chi connectivity index (χ1n) is 5.06. The van der Waals surface area contributed by atoms with E-state index in [4.69, 9.17) is 5.73 Å². The van der Waals surface area contributed by atoms with E-state index >= 15 is 0 Å². The first-order valence-corrected chi connectivity index (χ1v) is 6.65. The maximum atomic E-state index is 11.8. The van der Waals surface area contributed by atoms with Gasteiger partial charge in [0, 0.05) is 27.6 Å². The van der Waals surface area contributed by atoms with Gasteiger partial charge in [-0.3, -0.25) is 4.79 Å². The monoisotopic (exact) mass is 346 g/mol. The van der Waals surface area contributed by atoms with Crippen LogP contribution >= 0.6 is 31.9 Å². The van der Waals surface area contributed by atoms with Crippen molar-refractivity contribution in [3.05, 3.63) is 27.1 Å². The van der Waals surface area contributed by atoms with Crippen LogP contribution < -0.4 is 10.6 Å². The van der Waals surface area contributed by atoms with Crippen LogP contribution in [-0.2, 0) is 4.79 Å². The summed E-state index contributed by atoms with van der Waals surface area (Å²) in [5.74, 6) is 0.436. The van der Waals surface area contributed by atoms with E-state index in [2.05, 4.69) is 31.9 Å². The Morgan fingerprint density at radius 2 is 1.94 bits per heavy atom. The highest BCUT2D eigenvalue weighted by Crippen LogP contribution is 2.30. The number of anilines is 1. The zero-order valence-corrected chi connectivity index (χ0v) is 11.8. The third-order valence-corrected chi connectivity index (χ3v) is 3.61. The van der Waals surface area contributed by atoms with Crippen LogP contribution in [0.1, 0.15) is 6.42 Å². The van der Waals surface area contributed by atoms with E-state index in [1.807, 2.05) is 18.2 Å². The molecule has 3 nitrogen and oxygen atoms in total. The van der Waals surface area contributed by atoms with E-state index in [-0.39, 0.29) is 11.8 Å². The molecule has 0 aliphatic carbocycles. The molecule has 0 aromatic heterocycles. The molecule has 2 N–H and O–H groups in total. The summed E-state index contributed by atoms with van der Waals surface area (Å²) in [4.78, 5) is 13.6. The van der Waals surface area contributed by atoms with Gasteiger partial charge in [0.25, 0.3) is 0 Å². The minimum atomic E-state index is 0.153. The smallest absolute Gasteiger partial charge is 0.227 e. The van der Waals surface area contributed by atoms with Crippen LogP contribution in [0.3, 0.4) is 0 Å². The maximum Gasteiger partial charge on any atom is 0.227 e. The number of nitrogens with two attached hydrogens (primary N) is 1. The molecule has 1 aromatic carbocycles. The molecule has 1 aromatic rings. The Morgan fingerprint density at radius 3 is 2.44 bits per heavy atom. The van der Waals surface area contributed by atoms with Crippen LogP contribution in [0.4, 0.5) is 5.69 Å². The van der Waals surface area contributed by atoms with Crippen molar-refractivity contribution < 1.29 is 4.79 Å². The largest absolute Gasteiger partial charge is 0.330 e. The van der Waals surface area contributed by atoms with Crippen molar-refractivity contribution in [3.63, 3.8) is 0 Å². The van der Waals surface area contributed by atoms with Gasteiger partial charge in [-0.05, 0) is 30.7 Å². The van der Waals surface area contributed by atoms with Crippen molar-refractivity contribution in [1.82, 2.24) is 0 Å². The predicted octanol–water partition coefficient (Wildman–Crippen LogP) is 2.52. The van der Waals surface area contributed by atoms with E-state index in [1.165, 1.54) is 0 Å². The highest BCUT2D eigenvalue weighted by Gasteiger charge is 2.29. The van der Waals surface area contributed by atoms with Crippen LogP contribution in [-0.4, -0.2) is 19.0 Å². The second kappa shape index (κ2) is 4.85. The standard InChI is InChI=1S/C11H12Br2N2O/c12-8-2-9(13)4-10(3-8)15-6-7(5-14)1-11(15)16/h2-4,7H,1,5-6,14H2. The maximum absolute atomic E-state index is 11.8. The fourth-order valence-corrected chi connectivity index (χ4v) is 3.15. The molecule has 0 saturated carbocycles. The molecule has 0 radical (unpaired) electrons. The number of carbonyl (C=O) groups excluding carboxylic acids is 1. The lowest BCUT2D eigenvalue weighted by Gasteiger charge is -2.17. The van der Waals surface area contributed by atoms with Crippen molar-refractivity contribution in [1.29, 1.82) is 0 Å². The first kappa shape index (κ1) is 12.1. The molecule has 2 rings (SSSR count). The van der Waals surface area contributed by atoms with Gasteiger partial charge in [0.15, 0.2) is 0 Å². The van der Waals surface area contributed by atoms with E-state index < -0.39 is 0 Å². The number of rotatable bonds is 2. The molecule has 1 saturated heterocycles. The van der Waals surface area contributed by atoms with Crippen molar-refractivity contribution in [3.8, 4) is 0 Å². The minimum Gasteiger partial charge on any atom is -0.330 e. The van der Waals surface area contributed by atoms with Crippen LogP contribution in [0.15, 0.2) is 27.1 Å². The minimum absolute atomic E-state index is 0.153. The van der Waals surface area contributed by atoms with Crippen LogP contribution in [0.25, 0.3) is 0 Å². The highest BCUT2D eigenvalue weighted by atomic mass is 79.9. The van der Waals surface area contributed by atoms with E-state index in [1.54, 1.807) is 4.90 Å². The van der Waals surface area contributed by atoms with Gasteiger partial charge in [-0.1, -0.05) is 31.9 Å². The summed E-state index contributed by atoms with van der Waals surface area (Å²) in [5, 5.41) is 0. The highest BCUT2D eigenvalue weighted by molar-refractivity contribution is 9.11. The molecular formula is C11H12Br2N2O. The second-order valence-corrected chi connectivity index (χ2v) is 5.77. The molecule has 1 unspecified atom stereocenters. The van der Waals surface area contributed by atoms with Gasteiger partial charge in [0.05, 0.1) is 0 Å². The molecule has 0 bridgehead atoms. The average Bonchev–Trinajstić information content (AvgIpc) is 2.58. The molecule has 0 spiro atoms. The number of carbonyl (C=O) groups is 1. The molecule has 1 fully saturated rings. The lowest BCUT2D eigenvalue weighted by Crippen LogP contribution is -2.25. The summed E-state index contributed by atoms with van der Waals surface area (Å²) < 4.78 is 1.92. The van der Waals surface area contributed by atoms with E-state index in [9.17, 15) is 4.79 Å². The molecule has 16 heavy (non-hydrogen) atoms. The Hall–Kier alpha value is -0.390. The van der Waals surface area contributed by atoms with Crippen molar-refractivity contribution in [2.24, 2.45) is 11.7 Å². The second-order valence-electron chi connectivity index (χ2n) is 3.94. The Bertz CT molecular complexity index is 402. The summed E-state index contributed by atoms with van der Waals surface area (Å²) >= 11 is 6.84. The number of benzene rings is 1. The number of halogens is 2. The lowest BCUT2D eigenvalue weighted by molar-refractivity contribution is -0.117. The molecule has 5 heteroatoms. The number of amides is 1. The average molecular weight is 348 g/mol. The summed E-state index contributed by atoms with van der Waals surface area (Å²) in [6.45, 7) is 1.29. The number of nitrogens with zero attached hydrogens (tertiary/aromatic N) is 1. The number of hydrogen-bond donors (Lipinski definition) is 1. The number of hydrogen-bond acceptors (Lipinski definition) is 2. The Morgan fingerprint density at radius 1 is 1.31 bits per heavy atom. The predicted molar refractivity (Wildman–Crippen MR) is 71.4 cm³/mol. The van der Waals surface area contributed by atoms with Gasteiger partial charge < -0.3 is 10.6 Å². The van der Waals surface area contributed by atoms with Crippen molar-refractivity contribution in [2.45, 2.75) is 6.42 Å². The molecule has 1 amide bonds. The summed E-state index contributed by atoms with van der Waals surface area (Å²) in [5.41, 5.74) is 6.52. The fourth-order valence-electron chi connectivity index (χ4n) is 1.88. The van der Waals surface area contributed by atoms with E-state index in [0.29, 0.717) is 13.0 Å². The third kappa shape index (κ3) is 2.47. The summed E-state index contributed by atoms with van der Waals surface area (Å²) in [6, 6.07) is 5.84. The Balaban J connectivity index is 2.27. The van der Waals surface area contributed by atoms with Crippen molar-refractivity contribution >= 4 is 43.5 Å². The van der Waals surface area contributed by atoms with Crippen LogP contribution in [0.5, 0.6) is 0 Å². The van der Waals surface area contributed by atoms with Crippen LogP contribution in [0, 0.1) is 5.92 Å². The molecule has 1 aliphatic rings. The molecule has 1 atom stereocenters. The van der Waals surface area contributed by atoms with Crippen molar-refractivity contribution in [2.75, 3.05) is 18.0 Å². The summed E-state index contributed by atoms with van der Waals surface area (Å²) in [7, 11) is 0. The SMILES string of the molecule is NCC1CC(=O)N(c2cc(Br)cc(Br)c2)C1. The summed E-state index contributed by atoms with van der Waals surface area (Å²) in [6.07, 6.45) is 0.556. The molecule has 1 heterocycles.